The summed E-state index contributed by atoms with van der Waals surface area (Å²) < 4.78 is 0. The molecule has 0 fully saturated rings. The van der Waals surface area contributed by atoms with E-state index in [4.69, 9.17) is 16.6 Å². The molecular formula is C25H31ClN2OS. The number of carbonyl (C=O) groups is 1. The number of carbonyl (C=O) groups excluding carboxylic acids is 1. The van der Waals surface area contributed by atoms with E-state index in [0.717, 1.165) is 52.6 Å². The number of halogens is 1. The highest BCUT2D eigenvalue weighted by atomic mass is 35.5. The van der Waals surface area contributed by atoms with Crippen LogP contribution in [0.1, 0.15) is 44.1 Å². The lowest BCUT2D eigenvalue weighted by atomic mass is 10.00. The zero-order valence-electron chi connectivity index (χ0n) is 18.3. The summed E-state index contributed by atoms with van der Waals surface area (Å²) in [6.45, 7) is 10.2. The number of aryl methyl sites for hydroxylation is 1. The number of benzene rings is 1. The number of thiazole rings is 1. The number of rotatable bonds is 10. The van der Waals surface area contributed by atoms with Crippen LogP contribution in [0.2, 0.25) is 5.02 Å². The second kappa shape index (κ2) is 10.4. The van der Waals surface area contributed by atoms with Crippen molar-refractivity contribution in [2.75, 3.05) is 18.0 Å². The van der Waals surface area contributed by atoms with Gasteiger partial charge in [0.05, 0.1) is 5.69 Å². The molecule has 2 aromatic rings. The van der Waals surface area contributed by atoms with Gasteiger partial charge in [-0.05, 0) is 48.8 Å². The Morgan fingerprint density at radius 3 is 2.80 bits per heavy atom. The van der Waals surface area contributed by atoms with Crippen LogP contribution in [0.5, 0.6) is 0 Å². The molecule has 3 nitrogen and oxygen atoms in total. The number of hydrogen-bond donors (Lipinski definition) is 0. The van der Waals surface area contributed by atoms with Gasteiger partial charge in [0.2, 0.25) is 0 Å². The number of aromatic nitrogens is 1. The number of aldehydes is 1. The molecule has 0 spiro atoms. The van der Waals surface area contributed by atoms with Crippen molar-refractivity contribution in [1.82, 2.24) is 4.98 Å². The Morgan fingerprint density at radius 1 is 1.33 bits per heavy atom. The van der Waals surface area contributed by atoms with Gasteiger partial charge in [0, 0.05) is 35.0 Å². The highest BCUT2D eigenvalue weighted by Gasteiger charge is 2.22. The van der Waals surface area contributed by atoms with Crippen molar-refractivity contribution in [3.8, 4) is 11.3 Å². The van der Waals surface area contributed by atoms with E-state index in [1.54, 1.807) is 11.3 Å². The van der Waals surface area contributed by atoms with E-state index in [1.165, 1.54) is 10.5 Å². The fourth-order valence-corrected chi connectivity index (χ4v) is 5.25. The average Bonchev–Trinajstić information content (AvgIpc) is 3.33. The quantitative estimate of drug-likeness (QED) is 0.375. The summed E-state index contributed by atoms with van der Waals surface area (Å²) in [6, 6.07) is 6.18. The molecule has 5 heteroatoms. The molecule has 30 heavy (non-hydrogen) atoms. The maximum Gasteiger partial charge on any atom is 0.186 e. The molecule has 1 unspecified atom stereocenters. The molecule has 0 radical (unpaired) electrons. The van der Waals surface area contributed by atoms with Crippen LogP contribution in [0.3, 0.4) is 0 Å². The lowest BCUT2D eigenvalue weighted by Crippen LogP contribution is -2.28. The minimum atomic E-state index is 0.481. The van der Waals surface area contributed by atoms with Gasteiger partial charge in [-0.25, -0.2) is 4.98 Å². The number of anilines is 1. The van der Waals surface area contributed by atoms with Crippen molar-refractivity contribution in [1.29, 1.82) is 0 Å². The van der Waals surface area contributed by atoms with Crippen LogP contribution in [0.15, 0.2) is 42.0 Å². The zero-order chi connectivity index (χ0) is 21.7. The second-order valence-corrected chi connectivity index (χ2v) is 9.82. The normalized spacial score (nSPS) is 15.7. The molecule has 1 atom stereocenters. The molecule has 1 aliphatic rings. The molecule has 0 saturated heterocycles. The van der Waals surface area contributed by atoms with Gasteiger partial charge in [0.15, 0.2) is 5.13 Å². The number of hydrogen-bond acceptors (Lipinski definition) is 4. The lowest BCUT2D eigenvalue weighted by molar-refractivity contribution is -0.107. The van der Waals surface area contributed by atoms with E-state index in [1.807, 2.05) is 13.0 Å². The first-order valence-electron chi connectivity index (χ1n) is 10.7. The van der Waals surface area contributed by atoms with Crippen LogP contribution >= 0.6 is 22.9 Å². The maximum atomic E-state index is 11.1. The molecule has 0 N–H and O–H groups in total. The summed E-state index contributed by atoms with van der Waals surface area (Å²) in [4.78, 5) is 19.7. The Bertz CT molecular complexity index is 945. The third-order valence-corrected chi connectivity index (χ3v) is 7.00. The largest absolute Gasteiger partial charge is 0.344 e. The summed E-state index contributed by atoms with van der Waals surface area (Å²) in [5, 5.41) is 1.75. The fourth-order valence-electron chi connectivity index (χ4n) is 3.75. The summed E-state index contributed by atoms with van der Waals surface area (Å²) >= 11 is 8.17. The Morgan fingerprint density at radius 2 is 2.13 bits per heavy atom. The Labute approximate surface area is 189 Å². The SMILES string of the molecule is CCC1C=CC=C1CN(CCC=O)c1nc(-c2ccc(C)c(Cl)c2)c(CC(C)C)s1. The minimum Gasteiger partial charge on any atom is -0.344 e. The van der Waals surface area contributed by atoms with E-state index in [2.05, 4.69) is 56.0 Å². The third-order valence-electron chi connectivity index (χ3n) is 5.46. The fraction of sp³-hybridized carbons (Fsp3) is 0.440. The highest BCUT2D eigenvalue weighted by molar-refractivity contribution is 7.16. The zero-order valence-corrected chi connectivity index (χ0v) is 19.9. The van der Waals surface area contributed by atoms with E-state index in [9.17, 15) is 4.79 Å². The molecule has 1 aromatic heterocycles. The van der Waals surface area contributed by atoms with Crippen molar-refractivity contribution in [2.24, 2.45) is 11.8 Å². The molecule has 0 amide bonds. The number of nitrogens with zero attached hydrogens (tertiary/aromatic N) is 2. The second-order valence-electron chi connectivity index (χ2n) is 8.35. The molecule has 0 aliphatic heterocycles. The van der Waals surface area contributed by atoms with E-state index >= 15 is 0 Å². The van der Waals surface area contributed by atoms with Crippen LogP contribution in [0.4, 0.5) is 5.13 Å². The van der Waals surface area contributed by atoms with Gasteiger partial charge in [-0.15, -0.1) is 11.3 Å². The van der Waals surface area contributed by atoms with Gasteiger partial charge in [-0.3, -0.25) is 0 Å². The third kappa shape index (κ3) is 5.41. The molecule has 1 aromatic carbocycles. The first-order chi connectivity index (χ1) is 14.4. The molecule has 0 saturated carbocycles. The molecular weight excluding hydrogens is 412 g/mol. The van der Waals surface area contributed by atoms with Crippen molar-refractivity contribution >= 4 is 34.4 Å². The van der Waals surface area contributed by atoms with Crippen molar-refractivity contribution in [3.05, 3.63) is 57.5 Å². The topological polar surface area (TPSA) is 33.2 Å². The molecule has 1 heterocycles. The van der Waals surface area contributed by atoms with Gasteiger partial charge in [-0.1, -0.05) is 62.7 Å². The molecule has 0 bridgehead atoms. The monoisotopic (exact) mass is 442 g/mol. The summed E-state index contributed by atoms with van der Waals surface area (Å²) in [6.07, 6.45) is 10.2. The summed E-state index contributed by atoms with van der Waals surface area (Å²) in [5.74, 6) is 1.02. The smallest absolute Gasteiger partial charge is 0.186 e. The average molecular weight is 443 g/mol. The first-order valence-corrected chi connectivity index (χ1v) is 11.9. The predicted octanol–water partition coefficient (Wildman–Crippen LogP) is 6.89. The molecule has 160 valence electrons. The molecule has 3 rings (SSSR count). The van der Waals surface area contributed by atoms with Gasteiger partial charge < -0.3 is 9.69 Å². The van der Waals surface area contributed by atoms with Crippen LogP contribution in [0, 0.1) is 18.8 Å². The van der Waals surface area contributed by atoms with Gasteiger partial charge in [0.25, 0.3) is 0 Å². The van der Waals surface area contributed by atoms with Crippen LogP contribution in [-0.2, 0) is 11.2 Å². The van der Waals surface area contributed by atoms with Gasteiger partial charge in [0.1, 0.15) is 6.29 Å². The Kier molecular flexibility index (Phi) is 7.90. The molecule has 1 aliphatic carbocycles. The highest BCUT2D eigenvalue weighted by Crippen LogP contribution is 2.37. The predicted molar refractivity (Wildman–Crippen MR) is 130 cm³/mol. The van der Waals surface area contributed by atoms with Crippen LogP contribution in [-0.4, -0.2) is 24.4 Å². The number of allylic oxidation sites excluding steroid dienone is 3. The van der Waals surface area contributed by atoms with Crippen molar-refractivity contribution < 1.29 is 4.79 Å². The van der Waals surface area contributed by atoms with Crippen LogP contribution < -0.4 is 4.90 Å². The lowest BCUT2D eigenvalue weighted by Gasteiger charge is -2.24. The standard InChI is InChI=1S/C25H31ClN2OS/c1-5-19-8-6-9-21(19)16-28(12-7-13-29)25-27-24(23(30-25)14-17(2)3)20-11-10-18(4)22(26)15-20/h6,8-11,13,15,17,19H,5,7,12,14,16H2,1-4H3. The van der Waals surface area contributed by atoms with Gasteiger partial charge >= 0.3 is 0 Å². The Hall–Kier alpha value is -1.91. The van der Waals surface area contributed by atoms with Crippen LogP contribution in [0.25, 0.3) is 11.3 Å². The van der Waals surface area contributed by atoms with E-state index in [-0.39, 0.29) is 0 Å². The summed E-state index contributed by atoms with van der Waals surface area (Å²) in [5.41, 5.74) is 4.55. The Balaban J connectivity index is 1.97. The first kappa shape index (κ1) is 22.8. The maximum absolute atomic E-state index is 11.1. The van der Waals surface area contributed by atoms with Gasteiger partial charge in [-0.2, -0.15) is 0 Å². The van der Waals surface area contributed by atoms with E-state index in [0.29, 0.717) is 24.8 Å². The summed E-state index contributed by atoms with van der Waals surface area (Å²) in [7, 11) is 0. The van der Waals surface area contributed by atoms with Crippen molar-refractivity contribution in [2.45, 2.75) is 47.0 Å². The minimum absolute atomic E-state index is 0.481. The van der Waals surface area contributed by atoms with Crippen molar-refractivity contribution in [3.63, 3.8) is 0 Å². The van der Waals surface area contributed by atoms with E-state index < -0.39 is 0 Å².